The van der Waals surface area contributed by atoms with Crippen LogP contribution >= 0.6 is 11.6 Å². The zero-order valence-corrected chi connectivity index (χ0v) is 17.6. The summed E-state index contributed by atoms with van der Waals surface area (Å²) in [5.41, 5.74) is 1.69. The molecule has 29 heavy (non-hydrogen) atoms. The van der Waals surface area contributed by atoms with Gasteiger partial charge < -0.3 is 24.4 Å². The van der Waals surface area contributed by atoms with Gasteiger partial charge in [-0.05, 0) is 56.4 Å². The number of hydrogen-bond acceptors (Lipinski definition) is 5. The lowest BCUT2D eigenvalue weighted by Crippen LogP contribution is -2.19. The number of carbonyl (C=O) groups excluding carboxylic acids is 1. The lowest BCUT2D eigenvalue weighted by atomic mass is 10.1. The average Bonchev–Trinajstić information content (AvgIpc) is 2.93. The summed E-state index contributed by atoms with van der Waals surface area (Å²) in [5, 5.41) is 3.36. The third-order valence-corrected chi connectivity index (χ3v) is 4.76. The Kier molecular flexibility index (Phi) is 7.61. The molecule has 0 radical (unpaired) electrons. The van der Waals surface area contributed by atoms with Crippen molar-refractivity contribution in [3.05, 3.63) is 47.0 Å². The van der Waals surface area contributed by atoms with E-state index in [0.29, 0.717) is 49.1 Å². The third-order valence-electron chi connectivity index (χ3n) is 4.46. The minimum absolute atomic E-state index is 0.0746. The standard InChI is InChI=1S/C22H27ClN2O4/c1-25(2)10-13-29-19-8-6-17(15-18(19)23)24-22(26)9-5-16-4-7-20-21(14-16)28-12-3-11-27-20/h4,6-8,14-15H,3,5,9-13H2,1-2H3,(H,24,26). The van der Waals surface area contributed by atoms with Crippen molar-refractivity contribution in [1.82, 2.24) is 4.90 Å². The number of fused-ring (bicyclic) bond motifs is 1. The molecule has 0 atom stereocenters. The summed E-state index contributed by atoms with van der Waals surface area (Å²) in [4.78, 5) is 14.4. The Balaban J connectivity index is 1.50. The topological polar surface area (TPSA) is 60.0 Å². The van der Waals surface area contributed by atoms with Crippen LogP contribution in [0.15, 0.2) is 36.4 Å². The Morgan fingerprint density at radius 1 is 1.14 bits per heavy atom. The monoisotopic (exact) mass is 418 g/mol. The zero-order valence-electron chi connectivity index (χ0n) is 16.9. The number of halogens is 1. The molecule has 1 aliphatic rings. The van der Waals surface area contributed by atoms with Crippen molar-refractivity contribution in [2.45, 2.75) is 19.3 Å². The van der Waals surface area contributed by atoms with Crippen LogP contribution < -0.4 is 19.5 Å². The first-order chi connectivity index (χ1) is 14.0. The van der Waals surface area contributed by atoms with Gasteiger partial charge in [-0.25, -0.2) is 0 Å². The van der Waals surface area contributed by atoms with Crippen molar-refractivity contribution in [2.75, 3.05) is 45.8 Å². The normalized spacial score (nSPS) is 13.1. The molecule has 0 unspecified atom stereocenters. The largest absolute Gasteiger partial charge is 0.491 e. The number of hydrogen-bond donors (Lipinski definition) is 1. The number of aryl methyl sites for hydroxylation is 1. The highest BCUT2D eigenvalue weighted by atomic mass is 35.5. The van der Waals surface area contributed by atoms with Crippen molar-refractivity contribution < 1.29 is 19.0 Å². The average molecular weight is 419 g/mol. The summed E-state index contributed by atoms with van der Waals surface area (Å²) in [7, 11) is 3.96. The molecule has 0 aliphatic carbocycles. The van der Waals surface area contributed by atoms with Crippen LogP contribution in [0.25, 0.3) is 0 Å². The number of nitrogens with zero attached hydrogens (tertiary/aromatic N) is 1. The summed E-state index contributed by atoms with van der Waals surface area (Å²) >= 11 is 6.27. The van der Waals surface area contributed by atoms with Gasteiger partial charge in [0.15, 0.2) is 11.5 Å². The number of amides is 1. The molecule has 0 fully saturated rings. The summed E-state index contributed by atoms with van der Waals surface area (Å²) in [6.07, 6.45) is 1.84. The minimum Gasteiger partial charge on any atom is -0.491 e. The van der Waals surface area contributed by atoms with Crippen LogP contribution in [-0.4, -0.2) is 51.3 Å². The highest BCUT2D eigenvalue weighted by molar-refractivity contribution is 6.32. The molecule has 156 valence electrons. The van der Waals surface area contributed by atoms with Gasteiger partial charge in [-0.15, -0.1) is 0 Å². The van der Waals surface area contributed by atoms with Crippen molar-refractivity contribution in [3.8, 4) is 17.2 Å². The van der Waals surface area contributed by atoms with Gasteiger partial charge in [0.05, 0.1) is 18.2 Å². The molecule has 2 aromatic rings. The van der Waals surface area contributed by atoms with Gasteiger partial charge in [-0.2, -0.15) is 0 Å². The number of rotatable bonds is 8. The van der Waals surface area contributed by atoms with Crippen LogP contribution in [0, 0.1) is 0 Å². The Hall–Kier alpha value is -2.44. The molecular weight excluding hydrogens is 392 g/mol. The van der Waals surface area contributed by atoms with Gasteiger partial charge in [0.1, 0.15) is 12.4 Å². The van der Waals surface area contributed by atoms with Crippen LogP contribution in [0.2, 0.25) is 5.02 Å². The summed E-state index contributed by atoms with van der Waals surface area (Å²) in [6.45, 7) is 2.66. The molecule has 1 N–H and O–H groups in total. The Morgan fingerprint density at radius 3 is 2.69 bits per heavy atom. The number of anilines is 1. The van der Waals surface area contributed by atoms with Gasteiger partial charge >= 0.3 is 0 Å². The van der Waals surface area contributed by atoms with Crippen LogP contribution in [0.3, 0.4) is 0 Å². The lowest BCUT2D eigenvalue weighted by molar-refractivity contribution is -0.116. The van der Waals surface area contributed by atoms with Gasteiger partial charge in [0, 0.05) is 25.1 Å². The van der Waals surface area contributed by atoms with E-state index in [2.05, 4.69) is 5.32 Å². The summed E-state index contributed by atoms with van der Waals surface area (Å²) in [6, 6.07) is 11.1. The van der Waals surface area contributed by atoms with E-state index in [1.54, 1.807) is 18.2 Å². The fourth-order valence-electron chi connectivity index (χ4n) is 2.88. The van der Waals surface area contributed by atoms with E-state index in [4.69, 9.17) is 25.8 Å². The number of ether oxygens (including phenoxy) is 3. The Morgan fingerprint density at radius 2 is 1.93 bits per heavy atom. The molecule has 3 rings (SSSR count). The fourth-order valence-corrected chi connectivity index (χ4v) is 3.11. The maximum atomic E-state index is 12.3. The summed E-state index contributed by atoms with van der Waals surface area (Å²) < 4.78 is 17.0. The molecule has 0 saturated carbocycles. The molecule has 0 spiro atoms. The van der Waals surface area contributed by atoms with E-state index in [9.17, 15) is 4.79 Å². The van der Waals surface area contributed by atoms with Crippen molar-refractivity contribution >= 4 is 23.2 Å². The van der Waals surface area contributed by atoms with Crippen LogP contribution in [0.4, 0.5) is 5.69 Å². The Bertz CT molecular complexity index is 842. The maximum absolute atomic E-state index is 12.3. The van der Waals surface area contributed by atoms with Gasteiger partial charge in [0.2, 0.25) is 5.91 Å². The second-order valence-corrected chi connectivity index (χ2v) is 7.58. The lowest BCUT2D eigenvalue weighted by Gasteiger charge is -2.13. The van der Waals surface area contributed by atoms with E-state index in [0.717, 1.165) is 30.0 Å². The predicted molar refractivity (Wildman–Crippen MR) is 115 cm³/mol. The second kappa shape index (κ2) is 10.4. The maximum Gasteiger partial charge on any atom is 0.224 e. The number of nitrogens with one attached hydrogen (secondary N) is 1. The van der Waals surface area contributed by atoms with Crippen molar-refractivity contribution in [1.29, 1.82) is 0 Å². The smallest absolute Gasteiger partial charge is 0.224 e. The quantitative estimate of drug-likeness (QED) is 0.701. The van der Waals surface area contributed by atoms with Crippen molar-refractivity contribution in [2.24, 2.45) is 0 Å². The SMILES string of the molecule is CN(C)CCOc1ccc(NC(=O)CCc2ccc3c(c2)OCCCO3)cc1Cl. The second-order valence-electron chi connectivity index (χ2n) is 7.18. The molecule has 6 nitrogen and oxygen atoms in total. The van der Waals surface area contributed by atoms with Gasteiger partial charge in [-0.3, -0.25) is 4.79 Å². The molecule has 2 aromatic carbocycles. The molecule has 1 aliphatic heterocycles. The van der Waals surface area contributed by atoms with Crippen LogP contribution in [0.5, 0.6) is 17.2 Å². The molecule has 0 aromatic heterocycles. The number of carbonyl (C=O) groups is 1. The minimum atomic E-state index is -0.0746. The van der Waals surface area contributed by atoms with Crippen molar-refractivity contribution in [3.63, 3.8) is 0 Å². The zero-order chi connectivity index (χ0) is 20.6. The first kappa shape index (κ1) is 21.3. The molecule has 1 heterocycles. The highest BCUT2D eigenvalue weighted by Crippen LogP contribution is 2.31. The molecule has 1 amide bonds. The van der Waals surface area contributed by atoms with E-state index in [1.807, 2.05) is 37.2 Å². The number of likely N-dealkylation sites (N-methyl/N-ethyl adjacent to an activating group) is 1. The van der Waals surface area contributed by atoms with Gasteiger partial charge in [-0.1, -0.05) is 17.7 Å². The first-order valence-electron chi connectivity index (χ1n) is 9.77. The van der Waals surface area contributed by atoms with Gasteiger partial charge in [0.25, 0.3) is 0 Å². The molecular formula is C22H27ClN2O4. The summed E-state index contributed by atoms with van der Waals surface area (Å²) in [5.74, 6) is 2.04. The fraction of sp³-hybridized carbons (Fsp3) is 0.409. The third kappa shape index (κ3) is 6.54. The van der Waals surface area contributed by atoms with E-state index in [-0.39, 0.29) is 5.91 Å². The molecule has 7 heteroatoms. The highest BCUT2D eigenvalue weighted by Gasteiger charge is 2.12. The van der Waals surface area contributed by atoms with Crippen LogP contribution in [0.1, 0.15) is 18.4 Å². The molecule has 0 bridgehead atoms. The molecule has 0 saturated heterocycles. The van der Waals surface area contributed by atoms with E-state index < -0.39 is 0 Å². The number of benzene rings is 2. The van der Waals surface area contributed by atoms with E-state index >= 15 is 0 Å². The Labute approximate surface area is 176 Å². The first-order valence-corrected chi connectivity index (χ1v) is 10.1. The van der Waals surface area contributed by atoms with E-state index in [1.165, 1.54) is 0 Å². The predicted octanol–water partition coefficient (Wildman–Crippen LogP) is 4.01. The van der Waals surface area contributed by atoms with Crippen LogP contribution in [-0.2, 0) is 11.2 Å².